The van der Waals surface area contributed by atoms with Gasteiger partial charge >= 0.3 is 0 Å². The van der Waals surface area contributed by atoms with Gasteiger partial charge in [0, 0.05) is 12.2 Å². The normalized spacial score (nSPS) is 12.5. The first-order valence-electron chi connectivity index (χ1n) is 4.91. The first kappa shape index (κ1) is 12.2. The zero-order chi connectivity index (χ0) is 11.3. The molecule has 3 nitrogen and oxygen atoms in total. The van der Waals surface area contributed by atoms with Crippen molar-refractivity contribution in [2.75, 3.05) is 0 Å². The molecule has 0 spiro atoms. The van der Waals surface area contributed by atoms with E-state index in [1.807, 2.05) is 12.1 Å². The largest absolute Gasteiger partial charge is 0.271 e. The van der Waals surface area contributed by atoms with Gasteiger partial charge in [0.25, 0.3) is 0 Å². The van der Waals surface area contributed by atoms with Gasteiger partial charge in [0.05, 0.1) is 0 Å². The molecule has 0 saturated heterocycles. The summed E-state index contributed by atoms with van der Waals surface area (Å²) in [6.45, 7) is 6.04. The molecular formula is C11H16ClN3. The maximum Gasteiger partial charge on any atom is 0.129 e. The summed E-state index contributed by atoms with van der Waals surface area (Å²) in [5, 5.41) is 0.481. The topological polar surface area (TPSA) is 50.9 Å². The van der Waals surface area contributed by atoms with E-state index in [-0.39, 0.29) is 6.04 Å². The van der Waals surface area contributed by atoms with Gasteiger partial charge in [-0.05, 0) is 30.5 Å². The number of nitrogens with zero attached hydrogens (tertiary/aromatic N) is 1. The molecule has 3 N–H and O–H groups in total. The number of nitrogens with two attached hydrogens (primary N) is 1. The van der Waals surface area contributed by atoms with Crippen LogP contribution in [0.1, 0.15) is 31.4 Å². The van der Waals surface area contributed by atoms with E-state index in [1.165, 1.54) is 0 Å². The van der Waals surface area contributed by atoms with Gasteiger partial charge in [-0.25, -0.2) is 4.98 Å². The molecule has 0 radical (unpaired) electrons. The zero-order valence-electron chi connectivity index (χ0n) is 8.83. The minimum absolute atomic E-state index is 0.0537. The van der Waals surface area contributed by atoms with Crippen LogP contribution in [0.15, 0.2) is 30.5 Å². The van der Waals surface area contributed by atoms with Crippen LogP contribution in [0.2, 0.25) is 5.15 Å². The van der Waals surface area contributed by atoms with E-state index in [0.29, 0.717) is 5.15 Å². The highest BCUT2D eigenvalue weighted by Crippen LogP contribution is 2.22. The molecule has 0 aliphatic carbocycles. The van der Waals surface area contributed by atoms with E-state index in [2.05, 4.69) is 23.9 Å². The number of halogens is 1. The van der Waals surface area contributed by atoms with Crippen LogP contribution in [-0.4, -0.2) is 4.98 Å². The number of nitrogens with one attached hydrogen (secondary N) is 1. The zero-order valence-corrected chi connectivity index (χ0v) is 9.59. The molecule has 1 heterocycles. The van der Waals surface area contributed by atoms with Crippen molar-refractivity contribution >= 4 is 11.6 Å². The second-order valence-corrected chi connectivity index (χ2v) is 3.83. The van der Waals surface area contributed by atoms with Crippen molar-refractivity contribution in [1.29, 1.82) is 0 Å². The second kappa shape index (κ2) is 5.85. The molecule has 0 aliphatic heterocycles. The summed E-state index contributed by atoms with van der Waals surface area (Å²) in [4.78, 5) is 3.93. The summed E-state index contributed by atoms with van der Waals surface area (Å²) in [5.74, 6) is 5.50. The molecule has 0 fully saturated rings. The third-order valence-corrected chi connectivity index (χ3v) is 2.55. The third-order valence-electron chi connectivity index (χ3n) is 2.35. The Kier molecular flexibility index (Phi) is 4.75. The summed E-state index contributed by atoms with van der Waals surface area (Å²) in [5.41, 5.74) is 4.96. The van der Waals surface area contributed by atoms with E-state index >= 15 is 0 Å². The number of rotatable bonds is 5. The van der Waals surface area contributed by atoms with E-state index in [1.54, 1.807) is 6.20 Å². The molecule has 1 unspecified atom stereocenters. The van der Waals surface area contributed by atoms with Gasteiger partial charge in [-0.3, -0.25) is 11.3 Å². The predicted molar refractivity (Wildman–Crippen MR) is 63.4 cm³/mol. The quantitative estimate of drug-likeness (QED) is 0.351. The lowest BCUT2D eigenvalue weighted by atomic mass is 10.00. The third kappa shape index (κ3) is 3.63. The minimum atomic E-state index is 0.0537. The fraction of sp³-hybridized carbons (Fsp3) is 0.364. The van der Waals surface area contributed by atoms with Gasteiger partial charge in [0.1, 0.15) is 5.15 Å². The Morgan fingerprint density at radius 2 is 2.47 bits per heavy atom. The highest BCUT2D eigenvalue weighted by atomic mass is 35.5. The lowest BCUT2D eigenvalue weighted by Gasteiger charge is -2.17. The van der Waals surface area contributed by atoms with Gasteiger partial charge < -0.3 is 0 Å². The average Bonchev–Trinajstić information content (AvgIpc) is 2.25. The molecule has 1 aromatic rings. The summed E-state index contributed by atoms with van der Waals surface area (Å²) < 4.78 is 0. The molecule has 1 atom stereocenters. The molecule has 0 saturated carbocycles. The number of aromatic nitrogens is 1. The number of pyridine rings is 1. The molecule has 0 bridgehead atoms. The summed E-state index contributed by atoms with van der Waals surface area (Å²) in [6, 6.07) is 3.77. The highest BCUT2D eigenvalue weighted by molar-refractivity contribution is 6.29. The summed E-state index contributed by atoms with van der Waals surface area (Å²) >= 11 is 5.81. The predicted octanol–water partition coefficient (Wildman–Crippen LogP) is 2.60. The highest BCUT2D eigenvalue weighted by Gasteiger charge is 2.10. The smallest absolute Gasteiger partial charge is 0.129 e. The van der Waals surface area contributed by atoms with Crippen molar-refractivity contribution in [2.45, 2.75) is 25.8 Å². The number of hydrazine groups is 1. The van der Waals surface area contributed by atoms with Gasteiger partial charge in [-0.2, -0.15) is 0 Å². The first-order valence-corrected chi connectivity index (χ1v) is 5.29. The number of hydrogen-bond donors (Lipinski definition) is 2. The van der Waals surface area contributed by atoms with Gasteiger partial charge in [0.15, 0.2) is 0 Å². The monoisotopic (exact) mass is 225 g/mol. The fourth-order valence-corrected chi connectivity index (χ4v) is 1.52. The Morgan fingerprint density at radius 1 is 1.73 bits per heavy atom. The van der Waals surface area contributed by atoms with Crippen molar-refractivity contribution < 1.29 is 0 Å². The van der Waals surface area contributed by atoms with E-state index < -0.39 is 0 Å². The van der Waals surface area contributed by atoms with Crippen molar-refractivity contribution in [1.82, 2.24) is 10.4 Å². The Labute approximate surface area is 95.3 Å². The fourth-order valence-electron chi connectivity index (χ4n) is 1.34. The molecular weight excluding hydrogens is 210 g/mol. The van der Waals surface area contributed by atoms with E-state index in [0.717, 1.165) is 24.0 Å². The Morgan fingerprint density at radius 3 is 3.00 bits per heavy atom. The number of hydrogen-bond acceptors (Lipinski definition) is 3. The van der Waals surface area contributed by atoms with Crippen LogP contribution in [0, 0.1) is 0 Å². The van der Waals surface area contributed by atoms with Gasteiger partial charge in [-0.15, -0.1) is 0 Å². The molecule has 15 heavy (non-hydrogen) atoms. The van der Waals surface area contributed by atoms with Crippen LogP contribution < -0.4 is 11.3 Å². The van der Waals surface area contributed by atoms with Crippen molar-refractivity contribution in [2.24, 2.45) is 5.84 Å². The first-order chi connectivity index (χ1) is 7.17. The van der Waals surface area contributed by atoms with Crippen molar-refractivity contribution in [3.8, 4) is 0 Å². The van der Waals surface area contributed by atoms with Gasteiger partial charge in [0.2, 0.25) is 0 Å². The molecule has 1 aromatic heterocycles. The van der Waals surface area contributed by atoms with Crippen LogP contribution >= 0.6 is 11.6 Å². The standard InChI is InChI=1S/C11H16ClN3/c1-3-8(2)6-10(15-13)9-4-5-14-11(12)7-9/h4-5,7,10,15H,2-3,6,13H2,1H3. The van der Waals surface area contributed by atoms with E-state index in [4.69, 9.17) is 17.4 Å². The lowest BCUT2D eigenvalue weighted by molar-refractivity contribution is 0.544. The van der Waals surface area contributed by atoms with Crippen LogP contribution in [0.3, 0.4) is 0 Å². The SMILES string of the molecule is C=C(CC)CC(NN)c1ccnc(Cl)c1. The average molecular weight is 226 g/mol. The van der Waals surface area contributed by atoms with Crippen molar-refractivity contribution in [3.63, 3.8) is 0 Å². The summed E-state index contributed by atoms with van der Waals surface area (Å²) in [7, 11) is 0. The summed E-state index contributed by atoms with van der Waals surface area (Å²) in [6.07, 6.45) is 3.45. The van der Waals surface area contributed by atoms with Gasteiger partial charge in [-0.1, -0.05) is 30.7 Å². The molecule has 0 amide bonds. The minimum Gasteiger partial charge on any atom is -0.271 e. The Hall–Kier alpha value is -0.900. The Balaban J connectivity index is 2.78. The molecule has 0 aliphatic rings. The van der Waals surface area contributed by atoms with E-state index in [9.17, 15) is 0 Å². The van der Waals surface area contributed by atoms with Crippen molar-refractivity contribution in [3.05, 3.63) is 41.2 Å². The van der Waals surface area contributed by atoms with Crippen LogP contribution in [0.4, 0.5) is 0 Å². The van der Waals surface area contributed by atoms with Crippen LogP contribution in [0.25, 0.3) is 0 Å². The maximum absolute atomic E-state index is 5.81. The molecule has 82 valence electrons. The lowest BCUT2D eigenvalue weighted by Crippen LogP contribution is -2.28. The molecule has 0 aromatic carbocycles. The molecule has 4 heteroatoms. The second-order valence-electron chi connectivity index (χ2n) is 3.44. The Bertz CT molecular complexity index is 338. The van der Waals surface area contributed by atoms with Crippen LogP contribution in [-0.2, 0) is 0 Å². The maximum atomic E-state index is 5.81. The molecule has 1 rings (SSSR count). The van der Waals surface area contributed by atoms with Crippen LogP contribution in [0.5, 0.6) is 0 Å².